The van der Waals surface area contributed by atoms with Crippen molar-refractivity contribution in [3.05, 3.63) is 46.5 Å². The molecule has 0 aliphatic heterocycles. The van der Waals surface area contributed by atoms with E-state index in [9.17, 15) is 19.1 Å². The van der Waals surface area contributed by atoms with Gasteiger partial charge in [0.1, 0.15) is 29.1 Å². The van der Waals surface area contributed by atoms with E-state index in [4.69, 9.17) is 0 Å². The summed E-state index contributed by atoms with van der Waals surface area (Å²) in [6, 6.07) is 4.83. The highest BCUT2D eigenvalue weighted by molar-refractivity contribution is 6.00. The largest absolute Gasteiger partial charge is 0.393 e. The molecule has 0 aromatic carbocycles. The van der Waals surface area contributed by atoms with Crippen molar-refractivity contribution in [3.8, 4) is 0 Å². The van der Waals surface area contributed by atoms with E-state index < -0.39 is 12.3 Å². The second kappa shape index (κ2) is 8.47. The van der Waals surface area contributed by atoms with Gasteiger partial charge in [-0.05, 0) is 44.2 Å². The van der Waals surface area contributed by atoms with E-state index >= 15 is 0 Å². The molecule has 0 unspecified atom stereocenters. The average molecular weight is 455 g/mol. The van der Waals surface area contributed by atoms with E-state index in [1.165, 1.54) is 10.7 Å². The maximum Gasteiger partial charge on any atom is 0.274 e. The van der Waals surface area contributed by atoms with Crippen LogP contribution in [0.1, 0.15) is 48.5 Å². The third kappa shape index (κ3) is 4.04. The van der Waals surface area contributed by atoms with Crippen LogP contribution in [0.25, 0.3) is 5.65 Å². The predicted molar refractivity (Wildman–Crippen MR) is 121 cm³/mol. The molecule has 0 radical (unpaired) electrons. The first-order valence-corrected chi connectivity index (χ1v) is 11.1. The smallest absolute Gasteiger partial charge is 0.274 e. The number of pyridine rings is 1. The Morgan fingerprint density at radius 2 is 2.09 bits per heavy atom. The number of carbonyl (C=O) groups is 1. The van der Waals surface area contributed by atoms with Crippen molar-refractivity contribution in [1.82, 2.24) is 24.5 Å². The Balaban J connectivity index is 1.44. The number of nitrogens with zero attached hydrogens (tertiary/aromatic N) is 4. The Morgan fingerprint density at radius 3 is 2.79 bits per heavy atom. The molecule has 11 heteroatoms. The van der Waals surface area contributed by atoms with Crippen LogP contribution in [0.3, 0.4) is 0 Å². The zero-order valence-electron chi connectivity index (χ0n) is 18.2. The highest BCUT2D eigenvalue weighted by Gasteiger charge is 2.31. The monoisotopic (exact) mass is 455 g/mol. The maximum atomic E-state index is 13.3. The standard InChI is InChI=1S/C22H26FN7O3/c1-24-19-10-18(27-17-3-2-6-29(22(17)33)14-7-12(23)8-14)28-20-16(11-25-30(19)20)21(32)26-13-4-5-15(31)9-13/h2-3,6,10-15,24,31H,4-5,7-9H2,1H3,(H,26,32)(H,27,28)/t12?,13-,14?,15-/m0/s1. The Hall–Kier alpha value is -3.47. The summed E-state index contributed by atoms with van der Waals surface area (Å²) < 4.78 is 16.3. The molecule has 174 valence electrons. The second-order valence-corrected chi connectivity index (χ2v) is 8.69. The van der Waals surface area contributed by atoms with Crippen LogP contribution in [0.2, 0.25) is 0 Å². The molecule has 2 fully saturated rings. The summed E-state index contributed by atoms with van der Waals surface area (Å²) in [5.41, 5.74) is 0.680. The number of fused-ring (bicyclic) bond motifs is 1. The van der Waals surface area contributed by atoms with Crippen LogP contribution in [0, 0.1) is 0 Å². The van der Waals surface area contributed by atoms with Crippen LogP contribution in [0.5, 0.6) is 0 Å². The topological polar surface area (TPSA) is 126 Å². The summed E-state index contributed by atoms with van der Waals surface area (Å²) in [4.78, 5) is 30.3. The average Bonchev–Trinajstić information content (AvgIpc) is 3.38. The normalized spacial score (nSPS) is 24.5. The number of amides is 1. The molecule has 0 spiro atoms. The van der Waals surface area contributed by atoms with Gasteiger partial charge in [-0.25, -0.2) is 9.37 Å². The van der Waals surface area contributed by atoms with E-state index in [2.05, 4.69) is 26.0 Å². The number of anilines is 3. The molecule has 33 heavy (non-hydrogen) atoms. The van der Waals surface area contributed by atoms with Crippen molar-refractivity contribution >= 4 is 28.9 Å². The summed E-state index contributed by atoms with van der Waals surface area (Å²) in [6.07, 6.45) is 4.45. The number of aliphatic hydroxyl groups is 1. The fraction of sp³-hybridized carbons (Fsp3) is 0.455. The fourth-order valence-electron chi connectivity index (χ4n) is 4.50. The lowest BCUT2D eigenvalue weighted by atomic mass is 9.90. The van der Waals surface area contributed by atoms with Gasteiger partial charge >= 0.3 is 0 Å². The summed E-state index contributed by atoms with van der Waals surface area (Å²) in [7, 11) is 1.72. The number of halogens is 1. The fourth-order valence-corrected chi connectivity index (χ4v) is 4.50. The number of hydrogen-bond donors (Lipinski definition) is 4. The van der Waals surface area contributed by atoms with E-state index in [-0.39, 0.29) is 23.6 Å². The van der Waals surface area contributed by atoms with Crippen LogP contribution in [0.4, 0.5) is 21.7 Å². The van der Waals surface area contributed by atoms with Crippen LogP contribution in [-0.2, 0) is 0 Å². The molecule has 0 saturated heterocycles. The number of aliphatic hydroxyl groups excluding tert-OH is 1. The van der Waals surface area contributed by atoms with Crippen molar-refractivity contribution < 1.29 is 14.3 Å². The van der Waals surface area contributed by atoms with Gasteiger partial charge in [0.2, 0.25) is 0 Å². The van der Waals surface area contributed by atoms with Crippen molar-refractivity contribution in [2.75, 3.05) is 17.7 Å². The Bertz CT molecular complexity index is 1250. The SMILES string of the molecule is CNc1cc(Nc2cccn(C3CC(F)C3)c2=O)nc2c(C(=O)N[C@H]3CC[C@H](O)C3)cnn12. The Labute approximate surface area is 188 Å². The minimum absolute atomic E-state index is 0.0919. The van der Waals surface area contributed by atoms with Gasteiger partial charge in [-0.15, -0.1) is 0 Å². The predicted octanol–water partition coefficient (Wildman–Crippen LogP) is 1.99. The lowest BCUT2D eigenvalue weighted by Crippen LogP contribution is -2.35. The molecule has 5 rings (SSSR count). The maximum absolute atomic E-state index is 13.3. The zero-order chi connectivity index (χ0) is 23.1. The molecule has 4 N–H and O–H groups in total. The minimum atomic E-state index is -0.861. The number of hydrogen-bond acceptors (Lipinski definition) is 7. The number of rotatable bonds is 6. The molecule has 1 amide bonds. The van der Waals surface area contributed by atoms with Gasteiger partial charge in [-0.3, -0.25) is 9.59 Å². The Kier molecular flexibility index (Phi) is 5.49. The Morgan fingerprint density at radius 1 is 1.27 bits per heavy atom. The number of nitrogens with one attached hydrogen (secondary N) is 3. The van der Waals surface area contributed by atoms with Crippen LogP contribution >= 0.6 is 0 Å². The summed E-state index contributed by atoms with van der Waals surface area (Å²) in [6.45, 7) is 0. The van der Waals surface area contributed by atoms with Gasteiger partial charge in [0, 0.05) is 31.4 Å². The molecule has 2 aliphatic rings. The quantitative estimate of drug-likeness (QED) is 0.448. The van der Waals surface area contributed by atoms with E-state index in [0.29, 0.717) is 54.2 Å². The molecule has 10 nitrogen and oxygen atoms in total. The minimum Gasteiger partial charge on any atom is -0.393 e. The molecule has 3 aromatic heterocycles. The van der Waals surface area contributed by atoms with Gasteiger partial charge in [-0.2, -0.15) is 9.61 Å². The molecule has 0 bridgehead atoms. The van der Waals surface area contributed by atoms with Gasteiger partial charge in [0.15, 0.2) is 5.65 Å². The van der Waals surface area contributed by atoms with Crippen molar-refractivity contribution in [3.63, 3.8) is 0 Å². The second-order valence-electron chi connectivity index (χ2n) is 8.69. The summed E-state index contributed by atoms with van der Waals surface area (Å²) >= 11 is 0. The molecule has 3 aromatic rings. The molecular weight excluding hydrogens is 429 g/mol. The van der Waals surface area contributed by atoms with Gasteiger partial charge in [-0.1, -0.05) is 0 Å². The summed E-state index contributed by atoms with van der Waals surface area (Å²) in [5.74, 6) is 0.626. The van der Waals surface area contributed by atoms with Gasteiger partial charge in [0.25, 0.3) is 11.5 Å². The van der Waals surface area contributed by atoms with E-state index in [1.807, 2.05) is 0 Å². The zero-order valence-corrected chi connectivity index (χ0v) is 18.2. The first-order chi connectivity index (χ1) is 15.9. The van der Waals surface area contributed by atoms with Crippen LogP contribution < -0.4 is 21.5 Å². The first-order valence-electron chi connectivity index (χ1n) is 11.1. The van der Waals surface area contributed by atoms with Gasteiger partial charge in [0.05, 0.1) is 12.3 Å². The van der Waals surface area contributed by atoms with Crippen LogP contribution in [0.15, 0.2) is 35.4 Å². The highest BCUT2D eigenvalue weighted by atomic mass is 19.1. The number of alkyl halides is 1. The molecule has 3 heterocycles. The van der Waals surface area contributed by atoms with Crippen molar-refractivity contribution in [2.24, 2.45) is 0 Å². The highest BCUT2D eigenvalue weighted by Crippen LogP contribution is 2.33. The van der Waals surface area contributed by atoms with E-state index in [1.54, 1.807) is 36.0 Å². The first kappa shape index (κ1) is 21.4. The third-order valence-corrected chi connectivity index (χ3v) is 6.40. The number of carbonyl (C=O) groups excluding carboxylic acids is 1. The third-order valence-electron chi connectivity index (χ3n) is 6.40. The lowest BCUT2D eigenvalue weighted by molar-refractivity contribution is 0.0935. The molecule has 2 saturated carbocycles. The van der Waals surface area contributed by atoms with Gasteiger partial charge < -0.3 is 25.6 Å². The lowest BCUT2D eigenvalue weighted by Gasteiger charge is -2.31. The van der Waals surface area contributed by atoms with E-state index in [0.717, 1.165) is 6.42 Å². The van der Waals surface area contributed by atoms with Crippen LogP contribution in [-0.4, -0.2) is 55.5 Å². The molecule has 2 aliphatic carbocycles. The van der Waals surface area contributed by atoms with Crippen molar-refractivity contribution in [2.45, 2.75) is 56.5 Å². The van der Waals surface area contributed by atoms with Crippen molar-refractivity contribution in [1.29, 1.82) is 0 Å². The summed E-state index contributed by atoms with van der Waals surface area (Å²) in [5, 5.41) is 23.0. The number of aromatic nitrogens is 4. The molecule has 2 atom stereocenters. The molecular formula is C22H26FN7O3.